The van der Waals surface area contributed by atoms with Crippen LogP contribution in [-0.4, -0.2) is 31.8 Å². The van der Waals surface area contributed by atoms with E-state index in [-0.39, 0.29) is 17.6 Å². The van der Waals surface area contributed by atoms with E-state index in [0.717, 1.165) is 46.9 Å². The minimum absolute atomic E-state index is 0.0161. The maximum absolute atomic E-state index is 11.9. The molecular weight excluding hydrogens is 478 g/mol. The fourth-order valence-corrected chi connectivity index (χ4v) is 9.46. The highest BCUT2D eigenvalue weighted by atomic mass is 32.1. The zero-order chi connectivity index (χ0) is 24.7. The minimum Gasteiger partial charge on any atom is -0.392 e. The molecule has 4 unspecified atom stereocenters. The molecular formula is C30H29N5OS. The molecule has 0 spiro atoms. The number of hydrogen-bond acceptors (Lipinski definition) is 6. The summed E-state index contributed by atoms with van der Waals surface area (Å²) in [6.45, 7) is 0. The highest BCUT2D eigenvalue weighted by Crippen LogP contribution is 2.63. The molecule has 0 saturated heterocycles. The van der Waals surface area contributed by atoms with Crippen LogP contribution < -0.4 is 5.32 Å². The van der Waals surface area contributed by atoms with E-state index in [4.69, 9.17) is 4.98 Å². The molecule has 2 N–H and O–H groups in total. The quantitative estimate of drug-likeness (QED) is 0.346. The number of nitriles is 1. The molecule has 4 fully saturated rings. The van der Waals surface area contributed by atoms with Crippen molar-refractivity contribution in [3.05, 3.63) is 66.1 Å². The summed E-state index contributed by atoms with van der Waals surface area (Å²) >= 11 is 1.69. The molecule has 6 nitrogen and oxygen atoms in total. The molecule has 3 heterocycles. The second kappa shape index (κ2) is 7.89. The zero-order valence-corrected chi connectivity index (χ0v) is 21.4. The van der Waals surface area contributed by atoms with Crippen LogP contribution in [0.2, 0.25) is 0 Å². The molecule has 186 valence electrons. The molecule has 2 aromatic heterocycles. The van der Waals surface area contributed by atoms with Gasteiger partial charge >= 0.3 is 0 Å². The van der Waals surface area contributed by atoms with E-state index in [0.29, 0.717) is 23.4 Å². The number of rotatable bonds is 5. The van der Waals surface area contributed by atoms with Gasteiger partial charge in [0.15, 0.2) is 5.13 Å². The zero-order valence-electron chi connectivity index (χ0n) is 20.5. The lowest BCUT2D eigenvalue weighted by atomic mass is 9.46. The number of hydrogen-bond donors (Lipinski definition) is 2. The molecule has 1 aliphatic heterocycles. The Morgan fingerprint density at radius 2 is 2.00 bits per heavy atom. The van der Waals surface area contributed by atoms with Crippen LogP contribution >= 0.6 is 11.3 Å². The van der Waals surface area contributed by atoms with Crippen LogP contribution in [-0.2, 0) is 0 Å². The van der Waals surface area contributed by atoms with Gasteiger partial charge in [-0.2, -0.15) is 5.26 Å². The Morgan fingerprint density at radius 3 is 2.84 bits per heavy atom. The number of nitrogens with one attached hydrogen (secondary N) is 1. The summed E-state index contributed by atoms with van der Waals surface area (Å²) in [6.07, 6.45) is 10.2. The number of benzene rings is 2. The summed E-state index contributed by atoms with van der Waals surface area (Å²) in [4.78, 5) is 9.25. The van der Waals surface area contributed by atoms with Gasteiger partial charge in [-0.05, 0) is 85.5 Å². The topological polar surface area (TPSA) is 86.8 Å². The highest BCUT2D eigenvalue weighted by molar-refractivity contribution is 7.22. The van der Waals surface area contributed by atoms with Crippen molar-refractivity contribution in [3.8, 4) is 17.3 Å². The fourth-order valence-electron chi connectivity index (χ4n) is 8.57. The number of nitrogens with zero attached hydrogens (tertiary/aromatic N) is 4. The largest absolute Gasteiger partial charge is 0.392 e. The average molecular weight is 508 g/mol. The van der Waals surface area contributed by atoms with Crippen LogP contribution in [0.1, 0.15) is 55.7 Å². The Kier molecular flexibility index (Phi) is 4.66. The summed E-state index contributed by atoms with van der Waals surface area (Å²) in [7, 11) is 0. The van der Waals surface area contributed by atoms with E-state index in [1.54, 1.807) is 11.3 Å². The van der Waals surface area contributed by atoms with Crippen LogP contribution in [0.3, 0.4) is 0 Å². The highest BCUT2D eigenvalue weighted by Gasteiger charge is 2.58. The van der Waals surface area contributed by atoms with E-state index < -0.39 is 0 Å². The summed E-state index contributed by atoms with van der Waals surface area (Å²) in [5.41, 5.74) is 5.31. The number of aliphatic hydroxyl groups excluding tert-OH is 1. The van der Waals surface area contributed by atoms with E-state index in [2.05, 4.69) is 45.2 Å². The average Bonchev–Trinajstić information content (AvgIpc) is 3.61. The number of anilines is 1. The molecule has 5 aliphatic rings. The maximum Gasteiger partial charge on any atom is 0.184 e. The van der Waals surface area contributed by atoms with Gasteiger partial charge in [0.25, 0.3) is 0 Å². The molecule has 37 heavy (non-hydrogen) atoms. The third-order valence-corrected chi connectivity index (χ3v) is 10.8. The van der Waals surface area contributed by atoms with Gasteiger partial charge in [-0.15, -0.1) is 0 Å². The van der Waals surface area contributed by atoms with Crippen LogP contribution in [0.4, 0.5) is 5.13 Å². The fraction of sp³-hybridized carbons (Fsp3) is 0.433. The standard InChI is InChI=1S/C30H29N5OS/c31-14-17-5-6-26-23(9-17)33-29(37-26)34-28-19-7-18-8-20(28)13-30(11-18,12-19)27(36)10-24-21-3-1-2-4-22(21)25-15-32-16-35(24)25/h1-6,9,15-16,18-20,24,27-28,36H,7-8,10-13H2,(H,33,34). The Bertz CT molecular complexity index is 1550. The Morgan fingerprint density at radius 1 is 1.16 bits per heavy atom. The van der Waals surface area contributed by atoms with Crippen molar-refractivity contribution in [2.75, 3.05) is 5.32 Å². The second-order valence-corrected chi connectivity index (χ2v) is 12.9. The van der Waals surface area contributed by atoms with Gasteiger partial charge in [-0.3, -0.25) is 0 Å². The number of thiazole rings is 1. The number of fused-ring (bicyclic) bond motifs is 4. The van der Waals surface area contributed by atoms with Gasteiger partial charge in [0.2, 0.25) is 0 Å². The summed E-state index contributed by atoms with van der Waals surface area (Å²) < 4.78 is 3.39. The predicted octanol–water partition coefficient (Wildman–Crippen LogP) is 5.99. The van der Waals surface area contributed by atoms with Gasteiger partial charge in [0, 0.05) is 11.6 Å². The first-order valence-electron chi connectivity index (χ1n) is 13.5. The summed E-state index contributed by atoms with van der Waals surface area (Å²) in [5.74, 6) is 1.86. The predicted molar refractivity (Wildman–Crippen MR) is 144 cm³/mol. The van der Waals surface area contributed by atoms with Crippen molar-refractivity contribution in [2.24, 2.45) is 23.2 Å². The molecule has 4 saturated carbocycles. The molecule has 4 aliphatic carbocycles. The van der Waals surface area contributed by atoms with Crippen molar-refractivity contribution in [2.45, 2.75) is 56.7 Å². The molecule has 4 atom stereocenters. The first kappa shape index (κ1) is 21.8. The van der Waals surface area contributed by atoms with Gasteiger partial charge in [0.05, 0.1) is 52.2 Å². The van der Waals surface area contributed by atoms with Crippen molar-refractivity contribution in [1.82, 2.24) is 14.5 Å². The smallest absolute Gasteiger partial charge is 0.184 e. The van der Waals surface area contributed by atoms with Crippen LogP contribution in [0.25, 0.3) is 21.5 Å². The second-order valence-electron chi connectivity index (χ2n) is 11.9. The van der Waals surface area contributed by atoms with E-state index in [1.807, 2.05) is 30.7 Å². The van der Waals surface area contributed by atoms with Crippen LogP contribution in [0.15, 0.2) is 55.0 Å². The molecule has 0 radical (unpaired) electrons. The minimum atomic E-state index is -0.320. The number of aliphatic hydroxyl groups is 1. The van der Waals surface area contributed by atoms with Crippen molar-refractivity contribution in [1.29, 1.82) is 5.26 Å². The van der Waals surface area contributed by atoms with Crippen LogP contribution in [0, 0.1) is 34.5 Å². The van der Waals surface area contributed by atoms with Crippen molar-refractivity contribution < 1.29 is 5.11 Å². The Labute approximate surface area is 220 Å². The van der Waals surface area contributed by atoms with Gasteiger partial charge in [-0.1, -0.05) is 35.6 Å². The Hall–Kier alpha value is -3.21. The molecule has 4 aromatic rings. The molecule has 0 amide bonds. The molecule has 7 heteroatoms. The number of aromatic nitrogens is 3. The van der Waals surface area contributed by atoms with E-state index in [9.17, 15) is 10.4 Å². The molecule has 4 bridgehead atoms. The van der Waals surface area contributed by atoms with E-state index >= 15 is 0 Å². The van der Waals surface area contributed by atoms with Gasteiger partial charge < -0.3 is 15.0 Å². The lowest BCUT2D eigenvalue weighted by Gasteiger charge is -2.61. The normalized spacial score (nSPS) is 31.7. The first-order chi connectivity index (χ1) is 18.1. The van der Waals surface area contributed by atoms with Crippen molar-refractivity contribution >= 4 is 26.7 Å². The lowest BCUT2D eigenvalue weighted by Crippen LogP contribution is -2.59. The first-order valence-corrected chi connectivity index (χ1v) is 14.3. The maximum atomic E-state index is 11.9. The van der Waals surface area contributed by atoms with E-state index in [1.165, 1.54) is 29.7 Å². The molecule has 9 rings (SSSR count). The lowest BCUT2D eigenvalue weighted by molar-refractivity contribution is -0.129. The monoisotopic (exact) mass is 507 g/mol. The SMILES string of the molecule is N#Cc1ccc2sc(NC3C4CC5CC3CC(C(O)CC3c6ccccc6-c6cncn63)(C5)C4)nc2c1. The van der Waals surface area contributed by atoms with Crippen LogP contribution in [0.5, 0.6) is 0 Å². The van der Waals surface area contributed by atoms with Crippen molar-refractivity contribution in [3.63, 3.8) is 0 Å². The van der Waals surface area contributed by atoms with Gasteiger partial charge in [0.1, 0.15) is 0 Å². The molecule has 2 aromatic carbocycles. The van der Waals surface area contributed by atoms with Gasteiger partial charge in [-0.25, -0.2) is 9.97 Å². The third kappa shape index (κ3) is 3.25. The summed E-state index contributed by atoms with van der Waals surface area (Å²) in [6, 6.07) is 17.2. The Balaban J connectivity index is 1.04. The third-order valence-electron chi connectivity index (χ3n) is 9.88. The summed E-state index contributed by atoms with van der Waals surface area (Å²) in [5, 5.41) is 25.9. The number of imidazole rings is 1.